The summed E-state index contributed by atoms with van der Waals surface area (Å²) in [6.45, 7) is 1.66. The summed E-state index contributed by atoms with van der Waals surface area (Å²) in [5.41, 5.74) is 0. The van der Waals surface area contributed by atoms with Gasteiger partial charge in [0.05, 0.1) is 0 Å². The van der Waals surface area contributed by atoms with Gasteiger partial charge >= 0.3 is 5.97 Å². The fraction of sp³-hybridized carbons (Fsp3) is 0.583. The van der Waals surface area contributed by atoms with Gasteiger partial charge in [0, 0.05) is 19.2 Å². The Balaban J connectivity index is 2.27. The van der Waals surface area contributed by atoms with Crippen LogP contribution in [0.4, 0.5) is 0 Å². The maximum Gasteiger partial charge on any atom is 0.371 e. The van der Waals surface area contributed by atoms with Gasteiger partial charge in [0.15, 0.2) is 4.67 Å². The first-order valence-electron chi connectivity index (χ1n) is 6.42. The van der Waals surface area contributed by atoms with E-state index in [9.17, 15) is 13.2 Å². The minimum Gasteiger partial charge on any atom is -0.475 e. The molecule has 21 heavy (non-hydrogen) atoms. The molecule has 2 rings (SSSR count). The molecule has 9 heteroatoms. The number of aromatic carboxylic acids is 1. The van der Waals surface area contributed by atoms with Gasteiger partial charge in [-0.15, -0.1) is 0 Å². The molecule has 2 heterocycles. The number of furan rings is 1. The molecule has 118 valence electrons. The van der Waals surface area contributed by atoms with Gasteiger partial charge in [0.2, 0.25) is 15.8 Å². The van der Waals surface area contributed by atoms with Crippen molar-refractivity contribution >= 4 is 31.9 Å². The van der Waals surface area contributed by atoms with E-state index in [1.807, 2.05) is 7.05 Å². The Labute approximate surface area is 131 Å². The Bertz CT molecular complexity index is 634. The zero-order valence-corrected chi connectivity index (χ0v) is 14.1. The second kappa shape index (κ2) is 6.07. The molecule has 1 aromatic heterocycles. The number of carboxylic acids is 1. The third kappa shape index (κ3) is 3.31. The number of hydrogen-bond donors (Lipinski definition) is 1. The predicted octanol–water partition coefficient (Wildman–Crippen LogP) is 1.46. The first-order valence-corrected chi connectivity index (χ1v) is 8.66. The first-order chi connectivity index (χ1) is 9.73. The Morgan fingerprint density at radius 1 is 1.48 bits per heavy atom. The lowest BCUT2D eigenvalue weighted by atomic mass is 10.1. The van der Waals surface area contributed by atoms with E-state index < -0.39 is 21.8 Å². The van der Waals surface area contributed by atoms with E-state index >= 15 is 0 Å². The van der Waals surface area contributed by atoms with Crippen molar-refractivity contribution in [2.24, 2.45) is 0 Å². The van der Waals surface area contributed by atoms with Gasteiger partial charge in [-0.1, -0.05) is 0 Å². The van der Waals surface area contributed by atoms with Crippen LogP contribution in [0.15, 0.2) is 20.0 Å². The fourth-order valence-corrected chi connectivity index (χ4v) is 4.66. The third-order valence-electron chi connectivity index (χ3n) is 3.73. The minimum atomic E-state index is -3.79. The van der Waals surface area contributed by atoms with E-state index in [0.717, 1.165) is 32.0 Å². The van der Waals surface area contributed by atoms with Gasteiger partial charge in [0.25, 0.3) is 0 Å². The number of carboxylic acid groups (broad SMARTS) is 1. The van der Waals surface area contributed by atoms with Gasteiger partial charge < -0.3 is 14.4 Å². The van der Waals surface area contributed by atoms with Crippen LogP contribution >= 0.6 is 15.9 Å². The molecule has 1 saturated heterocycles. The highest BCUT2D eigenvalue weighted by Crippen LogP contribution is 2.30. The predicted molar refractivity (Wildman–Crippen MR) is 78.8 cm³/mol. The van der Waals surface area contributed by atoms with Crippen molar-refractivity contribution in [3.63, 3.8) is 0 Å². The van der Waals surface area contributed by atoms with E-state index in [1.165, 1.54) is 11.4 Å². The van der Waals surface area contributed by atoms with Crippen LogP contribution in [0.25, 0.3) is 0 Å². The first kappa shape index (κ1) is 16.5. The molecule has 1 aromatic rings. The van der Waals surface area contributed by atoms with E-state index in [4.69, 9.17) is 9.52 Å². The molecule has 0 bridgehead atoms. The standard InChI is InChI=1S/C12H17BrN2O5S/c1-14-5-3-8(4-6-14)15(2)21(18,19)10-7-9(12(16)17)20-11(10)13/h7-8H,3-6H2,1-2H3,(H,16,17). The van der Waals surface area contributed by atoms with Crippen molar-refractivity contribution in [2.75, 3.05) is 27.2 Å². The second-order valence-electron chi connectivity index (χ2n) is 5.11. The van der Waals surface area contributed by atoms with Crippen LogP contribution in [0.3, 0.4) is 0 Å². The maximum absolute atomic E-state index is 12.6. The highest BCUT2D eigenvalue weighted by molar-refractivity contribution is 9.10. The molecule has 0 atom stereocenters. The normalized spacial score (nSPS) is 18.3. The monoisotopic (exact) mass is 380 g/mol. The van der Waals surface area contributed by atoms with Crippen molar-refractivity contribution in [2.45, 2.75) is 23.8 Å². The van der Waals surface area contributed by atoms with Crippen LogP contribution in [0.2, 0.25) is 0 Å². The number of halogens is 1. The van der Waals surface area contributed by atoms with Crippen LogP contribution in [-0.2, 0) is 10.0 Å². The van der Waals surface area contributed by atoms with Crippen molar-refractivity contribution in [3.05, 3.63) is 16.5 Å². The number of rotatable bonds is 4. The largest absolute Gasteiger partial charge is 0.475 e. The van der Waals surface area contributed by atoms with Crippen molar-refractivity contribution in [3.8, 4) is 0 Å². The SMILES string of the molecule is CN1CCC(N(C)S(=O)(=O)c2cc(C(=O)O)oc2Br)CC1. The molecule has 1 N–H and O–H groups in total. The molecule has 1 fully saturated rings. The van der Waals surface area contributed by atoms with Gasteiger partial charge in [0.1, 0.15) is 4.90 Å². The van der Waals surface area contributed by atoms with Gasteiger partial charge in [-0.25, -0.2) is 13.2 Å². The summed E-state index contributed by atoms with van der Waals surface area (Å²) in [5, 5.41) is 8.88. The summed E-state index contributed by atoms with van der Waals surface area (Å²) in [7, 11) is -0.273. The lowest BCUT2D eigenvalue weighted by Crippen LogP contribution is -2.44. The Kier molecular flexibility index (Phi) is 4.76. The third-order valence-corrected chi connectivity index (χ3v) is 6.49. The topological polar surface area (TPSA) is 91.1 Å². The van der Waals surface area contributed by atoms with Crippen LogP contribution in [-0.4, -0.2) is 61.9 Å². The fourth-order valence-electron chi connectivity index (χ4n) is 2.34. The lowest BCUT2D eigenvalue weighted by molar-refractivity contribution is 0.0661. The van der Waals surface area contributed by atoms with E-state index in [-0.39, 0.29) is 15.6 Å². The van der Waals surface area contributed by atoms with Gasteiger partial charge in [-0.05, 0) is 48.9 Å². The zero-order chi connectivity index (χ0) is 15.8. The molecule has 0 aromatic carbocycles. The molecular formula is C12H17BrN2O5S. The molecular weight excluding hydrogens is 364 g/mol. The smallest absolute Gasteiger partial charge is 0.371 e. The molecule has 1 aliphatic rings. The van der Waals surface area contributed by atoms with E-state index in [0.29, 0.717) is 0 Å². The molecule has 0 aliphatic carbocycles. The quantitative estimate of drug-likeness (QED) is 0.849. The minimum absolute atomic E-state index is 0.0836. The van der Waals surface area contributed by atoms with E-state index in [1.54, 1.807) is 0 Å². The Morgan fingerprint density at radius 3 is 2.52 bits per heavy atom. The summed E-state index contributed by atoms with van der Waals surface area (Å²) >= 11 is 2.98. The molecule has 0 spiro atoms. The van der Waals surface area contributed by atoms with Gasteiger partial charge in [-0.2, -0.15) is 4.31 Å². The van der Waals surface area contributed by atoms with E-state index in [2.05, 4.69) is 20.8 Å². The van der Waals surface area contributed by atoms with Crippen LogP contribution in [0, 0.1) is 0 Å². The van der Waals surface area contributed by atoms with Gasteiger partial charge in [-0.3, -0.25) is 0 Å². The number of carbonyl (C=O) groups is 1. The molecule has 7 nitrogen and oxygen atoms in total. The lowest BCUT2D eigenvalue weighted by Gasteiger charge is -2.34. The van der Waals surface area contributed by atoms with Crippen molar-refractivity contribution in [1.29, 1.82) is 0 Å². The van der Waals surface area contributed by atoms with Crippen LogP contribution in [0.5, 0.6) is 0 Å². The number of nitrogens with zero attached hydrogens (tertiary/aromatic N) is 2. The van der Waals surface area contributed by atoms with Crippen molar-refractivity contribution in [1.82, 2.24) is 9.21 Å². The highest BCUT2D eigenvalue weighted by atomic mass is 79.9. The maximum atomic E-state index is 12.6. The number of hydrogen-bond acceptors (Lipinski definition) is 5. The molecule has 0 unspecified atom stereocenters. The number of sulfonamides is 1. The summed E-state index contributed by atoms with van der Waals surface area (Å²) in [4.78, 5) is 12.9. The molecule has 0 saturated carbocycles. The highest BCUT2D eigenvalue weighted by Gasteiger charge is 2.33. The zero-order valence-electron chi connectivity index (χ0n) is 11.7. The van der Waals surface area contributed by atoms with Crippen LogP contribution < -0.4 is 0 Å². The average molecular weight is 381 g/mol. The Morgan fingerprint density at radius 2 is 2.05 bits per heavy atom. The molecule has 0 amide bonds. The van der Waals surface area contributed by atoms with Crippen molar-refractivity contribution < 1.29 is 22.7 Å². The summed E-state index contributed by atoms with van der Waals surface area (Å²) in [6, 6.07) is 0.939. The second-order valence-corrected chi connectivity index (χ2v) is 7.80. The summed E-state index contributed by atoms with van der Waals surface area (Å²) < 4.78 is 31.3. The average Bonchev–Trinajstić information content (AvgIpc) is 2.82. The molecule has 0 radical (unpaired) electrons. The number of piperidine rings is 1. The summed E-state index contributed by atoms with van der Waals surface area (Å²) in [5.74, 6) is -1.71. The van der Waals surface area contributed by atoms with Crippen LogP contribution in [0.1, 0.15) is 23.4 Å². The Hall–Kier alpha value is -0.900. The molecule has 1 aliphatic heterocycles. The summed E-state index contributed by atoms with van der Waals surface area (Å²) in [6.07, 6.45) is 1.49. The number of likely N-dealkylation sites (tertiary alicyclic amines) is 1.